The summed E-state index contributed by atoms with van der Waals surface area (Å²) in [6.45, 7) is 1.04. The normalized spacial score (nSPS) is 19.2. The number of aromatic carboxylic acids is 1. The van der Waals surface area contributed by atoms with E-state index in [0.29, 0.717) is 29.9 Å². The molecule has 0 atom stereocenters. The zero-order valence-electron chi connectivity index (χ0n) is 13.8. The molecule has 2 aromatic rings. The van der Waals surface area contributed by atoms with Crippen molar-refractivity contribution in [3.8, 4) is 0 Å². The number of rotatable bonds is 4. The smallest absolute Gasteiger partial charge is 0.336 e. The Bertz CT molecular complexity index is 945. The molecule has 25 heavy (non-hydrogen) atoms. The molecule has 1 aromatic carbocycles. The van der Waals surface area contributed by atoms with Crippen molar-refractivity contribution in [1.82, 2.24) is 9.29 Å². The van der Waals surface area contributed by atoms with Crippen LogP contribution in [0.25, 0.3) is 10.9 Å². The lowest BCUT2D eigenvalue weighted by Gasteiger charge is -2.26. The van der Waals surface area contributed by atoms with E-state index in [9.17, 15) is 18.3 Å². The van der Waals surface area contributed by atoms with E-state index in [4.69, 9.17) is 0 Å². The molecule has 2 heterocycles. The molecule has 6 nitrogen and oxygen atoms in total. The number of hydrogen-bond acceptors (Lipinski definition) is 4. The Labute approximate surface area is 146 Å². The molecule has 132 valence electrons. The van der Waals surface area contributed by atoms with Gasteiger partial charge in [-0.2, -0.15) is 4.31 Å². The molecule has 4 rings (SSSR count). The molecule has 1 aliphatic carbocycles. The fourth-order valence-electron chi connectivity index (χ4n) is 3.41. The zero-order valence-corrected chi connectivity index (χ0v) is 14.6. The molecule has 1 aliphatic heterocycles. The molecule has 1 saturated carbocycles. The fraction of sp³-hybridized carbons (Fsp3) is 0.444. The van der Waals surface area contributed by atoms with Crippen LogP contribution in [0.15, 0.2) is 29.2 Å². The molecule has 0 spiro atoms. The molecule has 0 radical (unpaired) electrons. The van der Waals surface area contributed by atoms with Gasteiger partial charge in [0.05, 0.1) is 16.0 Å². The summed E-state index contributed by atoms with van der Waals surface area (Å²) >= 11 is 0. The van der Waals surface area contributed by atoms with Gasteiger partial charge in [0.2, 0.25) is 10.0 Å². The first-order valence-corrected chi connectivity index (χ1v) is 10.1. The predicted molar refractivity (Wildman–Crippen MR) is 93.3 cm³/mol. The van der Waals surface area contributed by atoms with Crippen molar-refractivity contribution in [3.63, 3.8) is 0 Å². The maximum atomic E-state index is 12.9. The number of carboxylic acid groups (broad SMARTS) is 1. The third kappa shape index (κ3) is 3.02. The molecule has 0 bridgehead atoms. The van der Waals surface area contributed by atoms with Gasteiger partial charge in [-0.05, 0) is 49.9 Å². The summed E-state index contributed by atoms with van der Waals surface area (Å²) in [5, 5.41) is 9.95. The minimum absolute atomic E-state index is 0.127. The Morgan fingerprint density at radius 2 is 1.84 bits per heavy atom. The lowest BCUT2D eigenvalue weighted by Crippen LogP contribution is -2.35. The Hall–Kier alpha value is -1.99. The van der Waals surface area contributed by atoms with Gasteiger partial charge in [0.25, 0.3) is 0 Å². The fourth-order valence-corrected chi connectivity index (χ4v) is 4.95. The summed E-state index contributed by atoms with van der Waals surface area (Å²) in [6.07, 6.45) is 4.82. The van der Waals surface area contributed by atoms with Crippen LogP contribution in [0.1, 0.15) is 54.1 Å². The third-order valence-electron chi connectivity index (χ3n) is 4.98. The van der Waals surface area contributed by atoms with Crippen molar-refractivity contribution in [2.45, 2.75) is 42.9 Å². The van der Waals surface area contributed by atoms with Crippen LogP contribution in [0, 0.1) is 0 Å². The van der Waals surface area contributed by atoms with E-state index < -0.39 is 16.0 Å². The highest BCUT2D eigenvalue weighted by atomic mass is 32.2. The van der Waals surface area contributed by atoms with Gasteiger partial charge in [0.1, 0.15) is 0 Å². The zero-order chi connectivity index (χ0) is 17.6. The van der Waals surface area contributed by atoms with Gasteiger partial charge in [0.15, 0.2) is 0 Å². The van der Waals surface area contributed by atoms with Crippen molar-refractivity contribution in [2.24, 2.45) is 0 Å². The SMILES string of the molecule is O=C(O)c1cc(C2CC2)nc2ccc(S(=O)(=O)N3CCCCC3)cc12. The van der Waals surface area contributed by atoms with Crippen LogP contribution in [0.2, 0.25) is 0 Å². The van der Waals surface area contributed by atoms with E-state index in [1.165, 1.54) is 10.4 Å². The third-order valence-corrected chi connectivity index (χ3v) is 6.87. The van der Waals surface area contributed by atoms with Crippen LogP contribution in [0.3, 0.4) is 0 Å². The largest absolute Gasteiger partial charge is 0.478 e. The van der Waals surface area contributed by atoms with Crippen molar-refractivity contribution in [2.75, 3.05) is 13.1 Å². The monoisotopic (exact) mass is 360 g/mol. The first-order valence-electron chi connectivity index (χ1n) is 8.65. The molecule has 2 fully saturated rings. The number of pyridine rings is 1. The molecule has 1 saturated heterocycles. The van der Waals surface area contributed by atoms with Crippen molar-refractivity contribution < 1.29 is 18.3 Å². The Morgan fingerprint density at radius 3 is 2.48 bits per heavy atom. The van der Waals surface area contributed by atoms with E-state index in [2.05, 4.69) is 4.98 Å². The Balaban J connectivity index is 1.82. The lowest BCUT2D eigenvalue weighted by atomic mass is 10.1. The molecule has 0 unspecified atom stereocenters. The van der Waals surface area contributed by atoms with E-state index in [0.717, 1.165) is 37.8 Å². The van der Waals surface area contributed by atoms with Gasteiger partial charge in [-0.1, -0.05) is 6.42 Å². The molecule has 2 aliphatic rings. The maximum absolute atomic E-state index is 12.9. The lowest BCUT2D eigenvalue weighted by molar-refractivity contribution is 0.0698. The van der Waals surface area contributed by atoms with E-state index in [1.54, 1.807) is 18.2 Å². The van der Waals surface area contributed by atoms with Crippen molar-refractivity contribution in [1.29, 1.82) is 0 Å². The number of hydrogen-bond donors (Lipinski definition) is 1. The second-order valence-electron chi connectivity index (χ2n) is 6.82. The number of aromatic nitrogens is 1. The highest BCUT2D eigenvalue weighted by molar-refractivity contribution is 7.89. The predicted octanol–water partition coefficient (Wildman–Crippen LogP) is 2.99. The summed E-state index contributed by atoms with van der Waals surface area (Å²) < 4.78 is 27.2. The molecular formula is C18H20N2O4S. The van der Waals surface area contributed by atoms with Gasteiger partial charge in [-0.15, -0.1) is 0 Å². The average molecular weight is 360 g/mol. The van der Waals surface area contributed by atoms with Crippen molar-refractivity contribution in [3.05, 3.63) is 35.5 Å². The average Bonchev–Trinajstić information content (AvgIpc) is 3.46. The van der Waals surface area contributed by atoms with Crippen molar-refractivity contribution >= 4 is 26.9 Å². The number of piperidine rings is 1. The standard InChI is InChI=1S/C18H20N2O4S/c21-18(22)15-11-17(12-4-5-12)19-16-7-6-13(10-14(15)16)25(23,24)20-8-2-1-3-9-20/h6-7,10-12H,1-5,8-9H2,(H,21,22). The molecular weight excluding hydrogens is 340 g/mol. The summed E-state index contributed by atoms with van der Waals surface area (Å²) in [5.41, 5.74) is 1.46. The van der Waals surface area contributed by atoms with Crippen LogP contribution < -0.4 is 0 Å². The maximum Gasteiger partial charge on any atom is 0.336 e. The summed E-state index contributed by atoms with van der Waals surface area (Å²) in [7, 11) is -3.60. The van der Waals surface area contributed by atoms with Gasteiger partial charge >= 0.3 is 5.97 Å². The van der Waals surface area contributed by atoms with E-state index in [-0.39, 0.29) is 10.5 Å². The summed E-state index contributed by atoms with van der Waals surface area (Å²) in [4.78, 5) is 16.4. The molecule has 7 heteroatoms. The molecule has 1 aromatic heterocycles. The highest BCUT2D eigenvalue weighted by Gasteiger charge is 2.29. The first-order chi connectivity index (χ1) is 12.0. The van der Waals surface area contributed by atoms with Gasteiger partial charge in [-0.25, -0.2) is 13.2 Å². The number of benzene rings is 1. The van der Waals surface area contributed by atoms with Crippen LogP contribution in [0.4, 0.5) is 0 Å². The number of carbonyl (C=O) groups is 1. The summed E-state index contributed by atoms with van der Waals surface area (Å²) in [6, 6.07) is 6.23. The molecule has 0 amide bonds. The van der Waals surface area contributed by atoms with Crippen LogP contribution in [-0.2, 0) is 10.0 Å². The number of fused-ring (bicyclic) bond motifs is 1. The van der Waals surface area contributed by atoms with E-state index in [1.807, 2.05) is 0 Å². The van der Waals surface area contributed by atoms with Crippen LogP contribution in [-0.4, -0.2) is 41.9 Å². The molecule has 1 N–H and O–H groups in total. The second kappa shape index (κ2) is 6.07. The van der Waals surface area contributed by atoms with Crippen LogP contribution in [0.5, 0.6) is 0 Å². The number of carboxylic acids is 1. The van der Waals surface area contributed by atoms with Crippen LogP contribution >= 0.6 is 0 Å². The van der Waals surface area contributed by atoms with Gasteiger partial charge in [-0.3, -0.25) is 4.98 Å². The second-order valence-corrected chi connectivity index (χ2v) is 8.76. The van der Waals surface area contributed by atoms with Gasteiger partial charge < -0.3 is 5.11 Å². The number of nitrogens with zero attached hydrogens (tertiary/aromatic N) is 2. The number of sulfonamides is 1. The minimum Gasteiger partial charge on any atom is -0.478 e. The topological polar surface area (TPSA) is 87.6 Å². The summed E-state index contributed by atoms with van der Waals surface area (Å²) in [5.74, 6) is -0.721. The first kappa shape index (κ1) is 16.5. The highest BCUT2D eigenvalue weighted by Crippen LogP contribution is 2.40. The Kier molecular flexibility index (Phi) is 4.00. The minimum atomic E-state index is -3.60. The van der Waals surface area contributed by atoms with E-state index >= 15 is 0 Å². The quantitative estimate of drug-likeness (QED) is 0.906. The van der Waals surface area contributed by atoms with Gasteiger partial charge in [0, 0.05) is 30.1 Å². The Morgan fingerprint density at radius 1 is 1.12 bits per heavy atom.